The van der Waals surface area contributed by atoms with E-state index in [1.807, 2.05) is 0 Å². The molecule has 0 amide bonds. The summed E-state index contributed by atoms with van der Waals surface area (Å²) in [6.45, 7) is 0. The zero-order valence-corrected chi connectivity index (χ0v) is 11.3. The first-order valence-corrected chi connectivity index (χ1v) is 6.14. The van der Waals surface area contributed by atoms with Crippen LogP contribution in [0, 0.1) is 5.82 Å². The Balaban J connectivity index is 2.15. The van der Waals surface area contributed by atoms with Gasteiger partial charge in [-0.25, -0.2) is 4.39 Å². The quantitative estimate of drug-likeness (QED) is 0.939. The average molecular weight is 315 g/mol. The SMILES string of the molecule is COc1ccc(CC(O)c2ccoc2Br)cc1F. The van der Waals surface area contributed by atoms with E-state index in [1.54, 1.807) is 18.2 Å². The summed E-state index contributed by atoms with van der Waals surface area (Å²) < 4.78 is 23.9. The van der Waals surface area contributed by atoms with E-state index in [2.05, 4.69) is 15.9 Å². The van der Waals surface area contributed by atoms with Gasteiger partial charge in [0.15, 0.2) is 16.2 Å². The van der Waals surface area contributed by atoms with Crippen molar-refractivity contribution in [3.63, 3.8) is 0 Å². The zero-order chi connectivity index (χ0) is 13.1. The molecule has 1 aromatic heterocycles. The molecule has 0 aliphatic carbocycles. The van der Waals surface area contributed by atoms with Crippen LogP contribution in [0.15, 0.2) is 39.6 Å². The molecule has 0 aliphatic rings. The predicted octanol–water partition coefficient (Wildman–Crippen LogP) is 3.47. The maximum Gasteiger partial charge on any atom is 0.174 e. The second-order valence-electron chi connectivity index (χ2n) is 3.84. The molecule has 0 fully saturated rings. The largest absolute Gasteiger partial charge is 0.494 e. The van der Waals surface area contributed by atoms with Gasteiger partial charge in [0.05, 0.1) is 19.5 Å². The van der Waals surface area contributed by atoms with Crippen molar-refractivity contribution in [2.24, 2.45) is 0 Å². The number of hydrogen-bond acceptors (Lipinski definition) is 3. The van der Waals surface area contributed by atoms with Crippen molar-refractivity contribution >= 4 is 15.9 Å². The smallest absolute Gasteiger partial charge is 0.174 e. The third-order valence-electron chi connectivity index (χ3n) is 2.65. The molecule has 0 spiro atoms. The van der Waals surface area contributed by atoms with Gasteiger partial charge in [-0.05, 0) is 39.7 Å². The van der Waals surface area contributed by atoms with Gasteiger partial charge in [-0.15, -0.1) is 0 Å². The minimum Gasteiger partial charge on any atom is -0.494 e. The Hall–Kier alpha value is -1.33. The maximum absolute atomic E-state index is 13.5. The van der Waals surface area contributed by atoms with E-state index >= 15 is 0 Å². The molecule has 18 heavy (non-hydrogen) atoms. The number of hydrogen-bond donors (Lipinski definition) is 1. The van der Waals surface area contributed by atoms with Gasteiger partial charge in [0, 0.05) is 12.0 Å². The number of benzene rings is 1. The van der Waals surface area contributed by atoms with E-state index in [0.29, 0.717) is 22.2 Å². The molecule has 0 saturated heterocycles. The van der Waals surface area contributed by atoms with Crippen molar-refractivity contribution < 1.29 is 18.7 Å². The van der Waals surface area contributed by atoms with Gasteiger partial charge in [-0.3, -0.25) is 0 Å². The molecule has 2 aromatic rings. The van der Waals surface area contributed by atoms with Crippen LogP contribution in [0.4, 0.5) is 4.39 Å². The van der Waals surface area contributed by atoms with E-state index in [1.165, 1.54) is 19.4 Å². The van der Waals surface area contributed by atoms with E-state index in [9.17, 15) is 9.50 Å². The summed E-state index contributed by atoms with van der Waals surface area (Å²) in [6, 6.07) is 6.30. The Labute approximate surface area is 112 Å². The first-order chi connectivity index (χ1) is 8.61. The summed E-state index contributed by atoms with van der Waals surface area (Å²) in [5, 5.41) is 10.0. The minimum absolute atomic E-state index is 0.192. The van der Waals surface area contributed by atoms with Crippen molar-refractivity contribution in [3.05, 3.63) is 52.1 Å². The highest BCUT2D eigenvalue weighted by atomic mass is 79.9. The van der Waals surface area contributed by atoms with Crippen LogP contribution in [0.2, 0.25) is 0 Å². The molecule has 1 atom stereocenters. The van der Waals surface area contributed by atoms with Crippen molar-refractivity contribution in [3.8, 4) is 5.75 Å². The Bertz CT molecular complexity index is 539. The lowest BCUT2D eigenvalue weighted by Crippen LogP contribution is -2.02. The number of ether oxygens (including phenoxy) is 1. The van der Waals surface area contributed by atoms with Crippen LogP contribution in [-0.4, -0.2) is 12.2 Å². The Morgan fingerprint density at radius 2 is 2.22 bits per heavy atom. The van der Waals surface area contributed by atoms with Crippen LogP contribution < -0.4 is 4.74 Å². The zero-order valence-electron chi connectivity index (χ0n) is 9.69. The van der Waals surface area contributed by atoms with Gasteiger partial charge in [0.2, 0.25) is 0 Å². The molecule has 0 bridgehead atoms. The summed E-state index contributed by atoms with van der Waals surface area (Å²) in [4.78, 5) is 0. The van der Waals surface area contributed by atoms with Crippen molar-refractivity contribution in [2.45, 2.75) is 12.5 Å². The lowest BCUT2D eigenvalue weighted by Gasteiger charge is -2.10. The van der Waals surface area contributed by atoms with Crippen LogP contribution in [0.1, 0.15) is 17.2 Å². The van der Waals surface area contributed by atoms with Crippen LogP contribution >= 0.6 is 15.9 Å². The van der Waals surface area contributed by atoms with E-state index in [4.69, 9.17) is 9.15 Å². The molecular weight excluding hydrogens is 303 g/mol. The summed E-state index contributed by atoms with van der Waals surface area (Å²) in [5.41, 5.74) is 1.33. The summed E-state index contributed by atoms with van der Waals surface area (Å²) in [7, 11) is 1.41. The minimum atomic E-state index is -0.745. The lowest BCUT2D eigenvalue weighted by molar-refractivity contribution is 0.176. The number of aliphatic hydroxyl groups excluding tert-OH is 1. The van der Waals surface area contributed by atoms with Crippen LogP contribution in [-0.2, 0) is 6.42 Å². The fourth-order valence-electron chi connectivity index (χ4n) is 1.71. The van der Waals surface area contributed by atoms with Gasteiger partial charge < -0.3 is 14.3 Å². The van der Waals surface area contributed by atoms with E-state index in [-0.39, 0.29) is 5.75 Å². The number of methoxy groups -OCH3 is 1. The topological polar surface area (TPSA) is 42.6 Å². The molecule has 1 aromatic carbocycles. The normalized spacial score (nSPS) is 12.4. The molecule has 0 saturated carbocycles. The first kappa shape index (κ1) is 13.1. The molecule has 0 aliphatic heterocycles. The predicted molar refractivity (Wildman–Crippen MR) is 68.0 cm³/mol. The first-order valence-electron chi connectivity index (χ1n) is 5.35. The Kier molecular flexibility index (Phi) is 4.04. The molecule has 96 valence electrons. The highest BCUT2D eigenvalue weighted by Gasteiger charge is 2.15. The van der Waals surface area contributed by atoms with Gasteiger partial charge in [0.25, 0.3) is 0 Å². The third kappa shape index (κ3) is 2.73. The fraction of sp³-hybridized carbons (Fsp3) is 0.231. The molecular formula is C13H12BrFO3. The summed E-state index contributed by atoms with van der Waals surface area (Å²) in [5.74, 6) is -0.244. The Morgan fingerprint density at radius 1 is 1.44 bits per heavy atom. The maximum atomic E-state index is 13.5. The molecule has 2 rings (SSSR count). The fourth-order valence-corrected chi connectivity index (χ4v) is 2.22. The summed E-state index contributed by atoms with van der Waals surface area (Å²) >= 11 is 3.20. The monoisotopic (exact) mass is 314 g/mol. The van der Waals surface area contributed by atoms with Crippen LogP contribution in [0.25, 0.3) is 0 Å². The summed E-state index contributed by atoms with van der Waals surface area (Å²) in [6.07, 6.45) is 1.04. The highest BCUT2D eigenvalue weighted by Crippen LogP contribution is 2.28. The standard InChI is InChI=1S/C13H12BrFO3/c1-17-12-3-2-8(6-10(12)15)7-11(16)9-4-5-18-13(9)14/h2-6,11,16H,7H2,1H3. The highest BCUT2D eigenvalue weighted by molar-refractivity contribution is 9.10. The third-order valence-corrected chi connectivity index (χ3v) is 3.30. The van der Waals surface area contributed by atoms with Crippen LogP contribution in [0.5, 0.6) is 5.75 Å². The Morgan fingerprint density at radius 3 is 2.78 bits per heavy atom. The van der Waals surface area contributed by atoms with Crippen molar-refractivity contribution in [1.29, 1.82) is 0 Å². The van der Waals surface area contributed by atoms with Gasteiger partial charge in [-0.2, -0.15) is 0 Å². The number of rotatable bonds is 4. The molecule has 0 radical (unpaired) electrons. The molecule has 1 heterocycles. The number of halogens is 2. The van der Waals surface area contributed by atoms with Crippen LogP contribution in [0.3, 0.4) is 0 Å². The van der Waals surface area contributed by atoms with E-state index < -0.39 is 11.9 Å². The van der Waals surface area contributed by atoms with Crippen molar-refractivity contribution in [2.75, 3.05) is 7.11 Å². The molecule has 1 unspecified atom stereocenters. The number of furan rings is 1. The van der Waals surface area contributed by atoms with Gasteiger partial charge >= 0.3 is 0 Å². The molecule has 1 N–H and O–H groups in total. The van der Waals surface area contributed by atoms with Gasteiger partial charge in [0.1, 0.15) is 0 Å². The van der Waals surface area contributed by atoms with Crippen molar-refractivity contribution in [1.82, 2.24) is 0 Å². The second kappa shape index (κ2) is 5.54. The lowest BCUT2D eigenvalue weighted by atomic mass is 10.0. The molecule has 3 nitrogen and oxygen atoms in total. The number of aliphatic hydroxyl groups is 1. The van der Waals surface area contributed by atoms with E-state index in [0.717, 1.165) is 0 Å². The molecule has 5 heteroatoms. The second-order valence-corrected chi connectivity index (χ2v) is 4.56. The average Bonchev–Trinajstić information content (AvgIpc) is 2.76. The van der Waals surface area contributed by atoms with Gasteiger partial charge in [-0.1, -0.05) is 6.07 Å².